The van der Waals surface area contributed by atoms with Crippen molar-refractivity contribution >= 4 is 28.8 Å². The lowest BCUT2D eigenvalue weighted by molar-refractivity contribution is 0.998. The highest BCUT2D eigenvalue weighted by Gasteiger charge is 2.13. The van der Waals surface area contributed by atoms with Gasteiger partial charge in [0.15, 0.2) is 0 Å². The summed E-state index contributed by atoms with van der Waals surface area (Å²) in [5.74, 6) is 0. The first-order chi connectivity index (χ1) is 8.02. The molecule has 0 aliphatic heterocycles. The summed E-state index contributed by atoms with van der Waals surface area (Å²) in [6.07, 6.45) is 1.75. The number of hydrogen-bond acceptors (Lipinski definition) is 2. The van der Waals surface area contributed by atoms with Gasteiger partial charge in [0.2, 0.25) is 0 Å². The summed E-state index contributed by atoms with van der Waals surface area (Å²) in [4.78, 5) is 4.55. The SMILES string of the molecule is Cc1ncn(-c2cccc(Cl)c2C(N)=S)c1C. The van der Waals surface area contributed by atoms with Crippen molar-refractivity contribution in [1.82, 2.24) is 9.55 Å². The Labute approximate surface area is 110 Å². The molecule has 3 nitrogen and oxygen atoms in total. The van der Waals surface area contributed by atoms with Crippen LogP contribution in [-0.4, -0.2) is 14.5 Å². The Bertz CT molecular complexity index is 589. The van der Waals surface area contributed by atoms with Gasteiger partial charge in [0.25, 0.3) is 0 Å². The number of aryl methyl sites for hydroxylation is 1. The number of halogens is 1. The lowest BCUT2D eigenvalue weighted by atomic mass is 10.1. The van der Waals surface area contributed by atoms with Gasteiger partial charge < -0.3 is 10.3 Å². The third-order valence-corrected chi connectivity index (χ3v) is 3.27. The highest BCUT2D eigenvalue weighted by molar-refractivity contribution is 7.80. The van der Waals surface area contributed by atoms with Crippen LogP contribution in [0.25, 0.3) is 5.69 Å². The Morgan fingerprint density at radius 1 is 1.41 bits per heavy atom. The van der Waals surface area contributed by atoms with Gasteiger partial charge in [-0.05, 0) is 26.0 Å². The molecule has 2 N–H and O–H groups in total. The fraction of sp³-hybridized carbons (Fsp3) is 0.167. The van der Waals surface area contributed by atoms with Crippen LogP contribution in [0.15, 0.2) is 24.5 Å². The summed E-state index contributed by atoms with van der Waals surface area (Å²) in [7, 11) is 0. The van der Waals surface area contributed by atoms with E-state index in [1.165, 1.54) is 0 Å². The summed E-state index contributed by atoms with van der Waals surface area (Å²) >= 11 is 11.2. The van der Waals surface area contributed by atoms with E-state index < -0.39 is 0 Å². The Morgan fingerprint density at radius 3 is 2.65 bits per heavy atom. The Morgan fingerprint density at radius 2 is 2.12 bits per heavy atom. The molecule has 0 radical (unpaired) electrons. The van der Waals surface area contributed by atoms with Crippen LogP contribution in [0.3, 0.4) is 0 Å². The van der Waals surface area contributed by atoms with E-state index >= 15 is 0 Å². The zero-order valence-electron chi connectivity index (χ0n) is 9.57. The minimum Gasteiger partial charge on any atom is -0.389 e. The number of nitrogens with zero attached hydrogens (tertiary/aromatic N) is 2. The third-order valence-electron chi connectivity index (χ3n) is 2.75. The fourth-order valence-electron chi connectivity index (χ4n) is 1.70. The molecule has 17 heavy (non-hydrogen) atoms. The second-order valence-corrected chi connectivity index (χ2v) is 4.63. The zero-order valence-corrected chi connectivity index (χ0v) is 11.1. The molecule has 2 aromatic rings. The van der Waals surface area contributed by atoms with Crippen LogP contribution in [0.4, 0.5) is 0 Å². The summed E-state index contributed by atoms with van der Waals surface area (Å²) in [5, 5.41) is 0.556. The van der Waals surface area contributed by atoms with Crippen molar-refractivity contribution < 1.29 is 0 Å². The molecule has 1 aromatic heterocycles. The molecule has 0 bridgehead atoms. The van der Waals surface area contributed by atoms with E-state index in [4.69, 9.17) is 29.6 Å². The lowest BCUT2D eigenvalue weighted by Crippen LogP contribution is -2.14. The normalized spacial score (nSPS) is 10.5. The molecule has 0 saturated heterocycles. The van der Waals surface area contributed by atoms with Crippen LogP contribution >= 0.6 is 23.8 Å². The van der Waals surface area contributed by atoms with Gasteiger partial charge in [-0.1, -0.05) is 29.9 Å². The van der Waals surface area contributed by atoms with Crippen LogP contribution in [-0.2, 0) is 0 Å². The molecule has 1 aromatic carbocycles. The molecule has 2 rings (SSSR count). The van der Waals surface area contributed by atoms with E-state index in [9.17, 15) is 0 Å². The average molecular weight is 266 g/mol. The lowest BCUT2D eigenvalue weighted by Gasteiger charge is -2.12. The number of imidazole rings is 1. The molecule has 0 aliphatic rings. The van der Waals surface area contributed by atoms with E-state index in [0.29, 0.717) is 10.6 Å². The quantitative estimate of drug-likeness (QED) is 0.850. The number of thiocarbonyl (C=S) groups is 1. The zero-order chi connectivity index (χ0) is 12.6. The molecular formula is C12H12ClN3S. The Balaban J connectivity index is 2.72. The topological polar surface area (TPSA) is 43.8 Å². The van der Waals surface area contributed by atoms with Gasteiger partial charge in [-0.2, -0.15) is 0 Å². The minimum absolute atomic E-state index is 0.288. The van der Waals surface area contributed by atoms with Gasteiger partial charge >= 0.3 is 0 Å². The molecule has 88 valence electrons. The summed E-state index contributed by atoms with van der Waals surface area (Å²) in [6, 6.07) is 5.57. The molecule has 0 unspecified atom stereocenters. The van der Waals surface area contributed by atoms with Crippen molar-refractivity contribution in [2.45, 2.75) is 13.8 Å². The molecule has 0 spiro atoms. The molecule has 0 aliphatic carbocycles. The molecule has 0 fully saturated rings. The van der Waals surface area contributed by atoms with Gasteiger partial charge in [0.05, 0.1) is 28.3 Å². The maximum absolute atomic E-state index is 6.13. The van der Waals surface area contributed by atoms with Gasteiger partial charge in [-0.15, -0.1) is 0 Å². The molecular weight excluding hydrogens is 254 g/mol. The van der Waals surface area contributed by atoms with E-state index in [1.54, 1.807) is 12.4 Å². The number of nitrogens with two attached hydrogens (primary N) is 1. The van der Waals surface area contributed by atoms with Crippen LogP contribution in [0.2, 0.25) is 5.02 Å². The number of hydrogen-bond donors (Lipinski definition) is 1. The molecule has 5 heteroatoms. The van der Waals surface area contributed by atoms with Crippen molar-refractivity contribution in [3.05, 3.63) is 46.5 Å². The molecule has 0 atom stereocenters. The largest absolute Gasteiger partial charge is 0.389 e. The maximum Gasteiger partial charge on any atom is 0.107 e. The Hall–Kier alpha value is -1.39. The van der Waals surface area contributed by atoms with Crippen molar-refractivity contribution in [1.29, 1.82) is 0 Å². The van der Waals surface area contributed by atoms with Gasteiger partial charge in [-0.3, -0.25) is 0 Å². The van der Waals surface area contributed by atoms with Crippen molar-refractivity contribution in [3.63, 3.8) is 0 Å². The minimum atomic E-state index is 0.288. The van der Waals surface area contributed by atoms with Crippen LogP contribution < -0.4 is 5.73 Å². The molecule has 1 heterocycles. The van der Waals surface area contributed by atoms with Crippen molar-refractivity contribution in [3.8, 4) is 5.69 Å². The van der Waals surface area contributed by atoms with E-state index in [2.05, 4.69) is 4.98 Å². The van der Waals surface area contributed by atoms with Crippen LogP contribution in [0.1, 0.15) is 17.0 Å². The average Bonchev–Trinajstić information content (AvgIpc) is 2.59. The summed E-state index contributed by atoms with van der Waals surface area (Å²) < 4.78 is 1.94. The monoisotopic (exact) mass is 265 g/mol. The molecule has 0 amide bonds. The number of aromatic nitrogens is 2. The second-order valence-electron chi connectivity index (χ2n) is 3.78. The van der Waals surface area contributed by atoms with E-state index in [1.807, 2.05) is 30.5 Å². The molecule has 0 saturated carbocycles. The van der Waals surface area contributed by atoms with Crippen LogP contribution in [0.5, 0.6) is 0 Å². The number of benzene rings is 1. The first-order valence-corrected chi connectivity index (χ1v) is 5.90. The van der Waals surface area contributed by atoms with Gasteiger partial charge in [-0.25, -0.2) is 4.98 Å². The summed E-state index contributed by atoms with van der Waals surface area (Å²) in [5.41, 5.74) is 9.29. The number of rotatable bonds is 2. The van der Waals surface area contributed by atoms with Gasteiger partial charge in [0.1, 0.15) is 4.99 Å². The second kappa shape index (κ2) is 4.47. The first-order valence-electron chi connectivity index (χ1n) is 5.11. The van der Waals surface area contributed by atoms with E-state index in [-0.39, 0.29) is 4.99 Å². The summed E-state index contributed by atoms with van der Waals surface area (Å²) in [6.45, 7) is 3.95. The van der Waals surface area contributed by atoms with Gasteiger partial charge in [0, 0.05) is 5.69 Å². The Kier molecular flexibility index (Phi) is 3.17. The van der Waals surface area contributed by atoms with Crippen molar-refractivity contribution in [2.75, 3.05) is 0 Å². The van der Waals surface area contributed by atoms with Crippen molar-refractivity contribution in [2.24, 2.45) is 5.73 Å². The highest BCUT2D eigenvalue weighted by Crippen LogP contribution is 2.24. The standard InChI is InChI=1S/C12H12ClN3S/c1-7-8(2)16(6-15-7)10-5-3-4-9(13)11(10)12(14)17/h3-6H,1-2H3,(H2,14,17). The van der Waals surface area contributed by atoms with E-state index in [0.717, 1.165) is 17.1 Å². The van der Waals surface area contributed by atoms with Crippen LogP contribution in [0, 0.1) is 13.8 Å². The predicted octanol–water partition coefficient (Wildman–Crippen LogP) is 2.78. The smallest absolute Gasteiger partial charge is 0.107 e. The predicted molar refractivity (Wildman–Crippen MR) is 73.9 cm³/mol. The maximum atomic E-state index is 6.13. The first kappa shape index (κ1) is 12.1. The third kappa shape index (κ3) is 2.06. The fourth-order valence-corrected chi connectivity index (χ4v) is 2.24. The highest BCUT2D eigenvalue weighted by atomic mass is 35.5.